The summed E-state index contributed by atoms with van der Waals surface area (Å²) in [5, 5.41) is 30.3. The molecular weight excluding hydrogens is 372 g/mol. The fourth-order valence-corrected chi connectivity index (χ4v) is 3.56. The van der Waals surface area contributed by atoms with Crippen LogP contribution in [-0.4, -0.2) is 34.7 Å². The third-order valence-corrected chi connectivity index (χ3v) is 5.25. The van der Waals surface area contributed by atoms with Crippen molar-refractivity contribution in [1.82, 2.24) is 4.90 Å². The molecule has 0 amide bonds. The molecule has 4 heteroatoms. The number of hydrogen-bond donors (Lipinski definition) is 2. The van der Waals surface area contributed by atoms with Crippen molar-refractivity contribution in [2.24, 2.45) is 0 Å². The Labute approximate surface area is 178 Å². The van der Waals surface area contributed by atoms with Gasteiger partial charge in [0, 0.05) is 13.1 Å². The summed E-state index contributed by atoms with van der Waals surface area (Å²) in [6, 6.07) is 29.0. The van der Waals surface area contributed by atoms with E-state index in [4.69, 9.17) is 5.26 Å². The van der Waals surface area contributed by atoms with Gasteiger partial charge in [-0.25, -0.2) is 0 Å². The molecule has 0 bridgehead atoms. The molecule has 30 heavy (non-hydrogen) atoms. The highest BCUT2D eigenvalue weighted by molar-refractivity contribution is 5.31. The van der Waals surface area contributed by atoms with E-state index in [1.165, 1.54) is 5.56 Å². The summed E-state index contributed by atoms with van der Waals surface area (Å²) in [5.74, 6) is 0. The van der Waals surface area contributed by atoms with Gasteiger partial charge in [-0.05, 0) is 48.2 Å². The van der Waals surface area contributed by atoms with Crippen LogP contribution < -0.4 is 0 Å². The number of rotatable bonds is 10. The summed E-state index contributed by atoms with van der Waals surface area (Å²) in [5.41, 5.74) is 3.60. The Balaban J connectivity index is 1.62. The third kappa shape index (κ3) is 6.53. The molecule has 0 aliphatic rings. The highest BCUT2D eigenvalue weighted by Gasteiger charge is 2.17. The number of aliphatic hydroxyl groups excluding tert-OH is 2. The first-order valence-corrected chi connectivity index (χ1v) is 10.3. The van der Waals surface area contributed by atoms with Crippen molar-refractivity contribution in [3.63, 3.8) is 0 Å². The van der Waals surface area contributed by atoms with Gasteiger partial charge < -0.3 is 10.2 Å². The zero-order valence-electron chi connectivity index (χ0n) is 17.1. The number of aryl methyl sites for hydroxylation is 1. The minimum atomic E-state index is -0.607. The first-order valence-electron chi connectivity index (χ1n) is 10.3. The first kappa shape index (κ1) is 21.7. The molecule has 0 aliphatic carbocycles. The van der Waals surface area contributed by atoms with Crippen molar-refractivity contribution in [2.75, 3.05) is 19.6 Å². The average Bonchev–Trinajstić information content (AvgIpc) is 2.80. The normalized spacial score (nSPS) is 13.0. The van der Waals surface area contributed by atoms with Gasteiger partial charge in [0.1, 0.15) is 0 Å². The smallest absolute Gasteiger partial charge is 0.0991 e. The minimum Gasteiger partial charge on any atom is -0.387 e. The molecule has 4 nitrogen and oxygen atoms in total. The molecule has 2 N–H and O–H groups in total. The molecule has 0 radical (unpaired) electrons. The van der Waals surface area contributed by atoms with Crippen LogP contribution in [0.1, 0.15) is 40.9 Å². The Morgan fingerprint density at radius 2 is 1.23 bits per heavy atom. The number of nitriles is 1. The summed E-state index contributed by atoms with van der Waals surface area (Å²) in [7, 11) is 0. The van der Waals surface area contributed by atoms with Gasteiger partial charge in [0.05, 0.1) is 23.8 Å². The van der Waals surface area contributed by atoms with Crippen LogP contribution in [0.2, 0.25) is 0 Å². The lowest BCUT2D eigenvalue weighted by Crippen LogP contribution is -2.34. The predicted molar refractivity (Wildman–Crippen MR) is 119 cm³/mol. The Morgan fingerprint density at radius 1 is 0.733 bits per heavy atom. The molecule has 0 fully saturated rings. The number of benzene rings is 3. The van der Waals surface area contributed by atoms with Gasteiger partial charge in [-0.3, -0.25) is 4.90 Å². The van der Waals surface area contributed by atoms with Crippen molar-refractivity contribution < 1.29 is 10.2 Å². The SMILES string of the molecule is N#Cc1ccc(CCCN(CC(O)c2ccccc2)CC(O)c2ccccc2)cc1. The maximum atomic E-state index is 10.7. The number of hydrogen-bond acceptors (Lipinski definition) is 4. The van der Waals surface area contributed by atoms with Crippen LogP contribution in [0.4, 0.5) is 0 Å². The molecule has 154 valence electrons. The molecule has 0 aliphatic heterocycles. The van der Waals surface area contributed by atoms with E-state index in [-0.39, 0.29) is 0 Å². The fourth-order valence-electron chi connectivity index (χ4n) is 3.56. The van der Waals surface area contributed by atoms with Crippen LogP contribution in [0, 0.1) is 11.3 Å². The maximum Gasteiger partial charge on any atom is 0.0991 e. The lowest BCUT2D eigenvalue weighted by atomic mass is 10.1. The van der Waals surface area contributed by atoms with Crippen LogP contribution in [0.15, 0.2) is 84.9 Å². The quantitative estimate of drug-likeness (QED) is 0.534. The zero-order valence-corrected chi connectivity index (χ0v) is 17.1. The Bertz CT molecular complexity index is 873. The van der Waals surface area contributed by atoms with Crippen molar-refractivity contribution in [2.45, 2.75) is 25.0 Å². The number of nitrogens with zero attached hydrogens (tertiary/aromatic N) is 2. The van der Waals surface area contributed by atoms with E-state index in [0.29, 0.717) is 18.7 Å². The van der Waals surface area contributed by atoms with E-state index in [1.54, 1.807) is 0 Å². The van der Waals surface area contributed by atoms with Crippen molar-refractivity contribution in [3.8, 4) is 6.07 Å². The first-order chi connectivity index (χ1) is 14.7. The molecule has 3 aromatic carbocycles. The molecule has 2 atom stereocenters. The topological polar surface area (TPSA) is 67.5 Å². The van der Waals surface area contributed by atoms with Crippen molar-refractivity contribution >= 4 is 0 Å². The molecule has 3 aromatic rings. The lowest BCUT2D eigenvalue weighted by molar-refractivity contribution is 0.0682. The lowest BCUT2D eigenvalue weighted by Gasteiger charge is -2.27. The van der Waals surface area contributed by atoms with E-state index in [9.17, 15) is 10.2 Å². The van der Waals surface area contributed by atoms with Crippen LogP contribution in [0.3, 0.4) is 0 Å². The third-order valence-electron chi connectivity index (χ3n) is 5.25. The fraction of sp³-hybridized carbons (Fsp3) is 0.269. The number of aliphatic hydroxyl groups is 2. The van der Waals surface area contributed by atoms with E-state index >= 15 is 0 Å². The van der Waals surface area contributed by atoms with Gasteiger partial charge in [0.15, 0.2) is 0 Å². The van der Waals surface area contributed by atoms with Gasteiger partial charge in [0.25, 0.3) is 0 Å². The summed E-state index contributed by atoms with van der Waals surface area (Å²) >= 11 is 0. The average molecular weight is 401 g/mol. The Kier molecular flexibility index (Phi) is 8.17. The highest BCUT2D eigenvalue weighted by Crippen LogP contribution is 2.19. The van der Waals surface area contributed by atoms with E-state index in [1.807, 2.05) is 84.9 Å². The van der Waals surface area contributed by atoms with Crippen molar-refractivity contribution in [3.05, 3.63) is 107 Å². The molecule has 0 aromatic heterocycles. The summed E-state index contributed by atoms with van der Waals surface area (Å²) in [6.45, 7) is 1.68. The second-order valence-corrected chi connectivity index (χ2v) is 7.52. The monoisotopic (exact) mass is 400 g/mol. The second kappa shape index (κ2) is 11.3. The Hall–Kier alpha value is -2.97. The Morgan fingerprint density at radius 3 is 1.70 bits per heavy atom. The molecule has 0 saturated heterocycles. The van der Waals surface area contributed by atoms with Gasteiger partial charge in [-0.2, -0.15) is 5.26 Å². The van der Waals surface area contributed by atoms with Crippen LogP contribution in [0.5, 0.6) is 0 Å². The van der Waals surface area contributed by atoms with Gasteiger partial charge in [-0.15, -0.1) is 0 Å². The molecule has 0 saturated carbocycles. The molecule has 2 unspecified atom stereocenters. The summed E-state index contributed by atoms with van der Waals surface area (Å²) in [4.78, 5) is 2.12. The van der Waals surface area contributed by atoms with E-state index in [2.05, 4.69) is 11.0 Å². The van der Waals surface area contributed by atoms with Crippen molar-refractivity contribution in [1.29, 1.82) is 5.26 Å². The van der Waals surface area contributed by atoms with E-state index < -0.39 is 12.2 Å². The van der Waals surface area contributed by atoms with Crippen LogP contribution >= 0.6 is 0 Å². The second-order valence-electron chi connectivity index (χ2n) is 7.52. The minimum absolute atomic E-state index is 0.460. The summed E-state index contributed by atoms with van der Waals surface area (Å²) < 4.78 is 0. The van der Waals surface area contributed by atoms with Crippen LogP contribution in [0.25, 0.3) is 0 Å². The van der Waals surface area contributed by atoms with Gasteiger partial charge >= 0.3 is 0 Å². The van der Waals surface area contributed by atoms with Crippen LogP contribution in [-0.2, 0) is 6.42 Å². The zero-order chi connectivity index (χ0) is 21.2. The molecular formula is C26H28N2O2. The maximum absolute atomic E-state index is 10.7. The molecule has 3 rings (SSSR count). The largest absolute Gasteiger partial charge is 0.387 e. The highest BCUT2D eigenvalue weighted by atomic mass is 16.3. The molecule has 0 heterocycles. The summed E-state index contributed by atoms with van der Waals surface area (Å²) in [6.07, 6.45) is 0.563. The standard InChI is InChI=1S/C26H28N2O2/c27-18-22-15-13-21(14-16-22)8-7-17-28(19-25(29)23-9-3-1-4-10-23)20-26(30)24-11-5-2-6-12-24/h1-6,9-16,25-26,29-30H,7-8,17,19-20H2. The molecule has 0 spiro atoms. The van der Waals surface area contributed by atoms with Gasteiger partial charge in [0.2, 0.25) is 0 Å². The predicted octanol–water partition coefficient (Wildman–Crippen LogP) is 4.26. The van der Waals surface area contributed by atoms with E-state index in [0.717, 1.165) is 30.5 Å². The van der Waals surface area contributed by atoms with Gasteiger partial charge in [-0.1, -0.05) is 72.8 Å².